The van der Waals surface area contributed by atoms with Gasteiger partial charge in [-0.25, -0.2) is 0 Å². The molecule has 0 rings (SSSR count). The minimum atomic E-state index is 1.00. The molecule has 11 heavy (non-hydrogen) atoms. The van der Waals surface area contributed by atoms with Gasteiger partial charge in [0.2, 0.25) is 0 Å². The maximum atomic E-state index is 5.33. The molecule has 0 heterocycles. The van der Waals surface area contributed by atoms with Gasteiger partial charge in [-0.05, 0) is 37.6 Å². The Kier molecular flexibility index (Phi) is 4.35. The Morgan fingerprint density at radius 1 is 1.45 bits per heavy atom. The molecule has 0 aromatic carbocycles. The summed E-state index contributed by atoms with van der Waals surface area (Å²) in [4.78, 5) is 0. The van der Waals surface area contributed by atoms with Crippen molar-refractivity contribution >= 4 is 0 Å². The van der Waals surface area contributed by atoms with Gasteiger partial charge >= 0.3 is 0 Å². The van der Waals surface area contributed by atoms with Gasteiger partial charge in [0.25, 0.3) is 0 Å². The number of hydrogen-bond donors (Lipinski definition) is 1. The van der Waals surface area contributed by atoms with E-state index in [4.69, 9.17) is 5.73 Å². The Morgan fingerprint density at radius 2 is 2.00 bits per heavy atom. The van der Waals surface area contributed by atoms with Crippen LogP contribution in [0.3, 0.4) is 0 Å². The van der Waals surface area contributed by atoms with E-state index in [0.29, 0.717) is 0 Å². The van der Waals surface area contributed by atoms with Crippen LogP contribution < -0.4 is 5.73 Å². The molecule has 1 heteroatoms. The zero-order valence-corrected chi connectivity index (χ0v) is 7.65. The number of rotatable bonds is 3. The summed E-state index contributed by atoms with van der Waals surface area (Å²) in [5.74, 6) is 0. The van der Waals surface area contributed by atoms with Crippen LogP contribution in [0.4, 0.5) is 0 Å². The summed E-state index contributed by atoms with van der Waals surface area (Å²) < 4.78 is 0. The molecule has 0 aromatic rings. The van der Waals surface area contributed by atoms with Gasteiger partial charge in [-0.2, -0.15) is 0 Å². The van der Waals surface area contributed by atoms with Gasteiger partial charge in [-0.15, -0.1) is 0 Å². The third-order valence-corrected chi connectivity index (χ3v) is 1.69. The van der Waals surface area contributed by atoms with E-state index in [-0.39, 0.29) is 0 Å². The van der Waals surface area contributed by atoms with Crippen LogP contribution >= 0.6 is 0 Å². The highest BCUT2D eigenvalue weighted by Crippen LogP contribution is 2.12. The van der Waals surface area contributed by atoms with Crippen LogP contribution in [0.15, 0.2) is 35.6 Å². The van der Waals surface area contributed by atoms with E-state index < -0.39 is 0 Å². The zero-order chi connectivity index (χ0) is 8.85. The molecule has 62 valence electrons. The first-order valence-corrected chi connectivity index (χ1v) is 3.86. The second kappa shape index (κ2) is 4.78. The predicted molar refractivity (Wildman–Crippen MR) is 51.1 cm³/mol. The van der Waals surface area contributed by atoms with Gasteiger partial charge < -0.3 is 5.73 Å². The molecule has 0 aliphatic rings. The number of hydrogen-bond acceptors (Lipinski definition) is 1. The molecule has 0 unspecified atom stereocenters. The maximum absolute atomic E-state index is 5.33. The average molecular weight is 151 g/mol. The zero-order valence-electron chi connectivity index (χ0n) is 7.65. The minimum Gasteiger partial charge on any atom is -0.404 e. The lowest BCUT2D eigenvalue weighted by Crippen LogP contribution is -1.85. The number of nitrogens with two attached hydrogens (primary N) is 1. The van der Waals surface area contributed by atoms with Gasteiger partial charge in [0.15, 0.2) is 0 Å². The number of allylic oxidation sites excluding steroid dienone is 4. The first-order chi connectivity index (χ1) is 5.11. The smallest absolute Gasteiger partial charge is 0.00324 e. The van der Waals surface area contributed by atoms with Crippen LogP contribution in [0.1, 0.15) is 27.2 Å². The van der Waals surface area contributed by atoms with Gasteiger partial charge in [-0.3, -0.25) is 0 Å². The third kappa shape index (κ3) is 3.66. The fourth-order valence-corrected chi connectivity index (χ4v) is 0.771. The van der Waals surface area contributed by atoms with Crippen LogP contribution in [0.5, 0.6) is 0 Å². The molecule has 0 saturated carbocycles. The molecule has 0 aromatic heterocycles. The average Bonchev–Trinajstić information content (AvgIpc) is 2.02. The molecular weight excluding hydrogens is 134 g/mol. The SMILES string of the molecule is C=C(CC)/C(C)=C/C(C)=C\N. The summed E-state index contributed by atoms with van der Waals surface area (Å²) in [6.07, 6.45) is 4.65. The van der Waals surface area contributed by atoms with Crippen molar-refractivity contribution in [3.63, 3.8) is 0 Å². The predicted octanol–water partition coefficient (Wildman–Crippen LogP) is 2.76. The van der Waals surface area contributed by atoms with Crippen molar-refractivity contribution in [2.75, 3.05) is 0 Å². The van der Waals surface area contributed by atoms with Gasteiger partial charge in [0.1, 0.15) is 0 Å². The van der Waals surface area contributed by atoms with E-state index in [0.717, 1.165) is 12.0 Å². The highest BCUT2D eigenvalue weighted by atomic mass is 14.5. The second-order valence-corrected chi connectivity index (χ2v) is 2.70. The fraction of sp³-hybridized carbons (Fsp3) is 0.400. The van der Waals surface area contributed by atoms with Crippen LogP contribution in [0, 0.1) is 0 Å². The van der Waals surface area contributed by atoms with Crippen molar-refractivity contribution in [1.82, 2.24) is 0 Å². The van der Waals surface area contributed by atoms with Crippen molar-refractivity contribution in [1.29, 1.82) is 0 Å². The van der Waals surface area contributed by atoms with Crippen LogP contribution in [0.2, 0.25) is 0 Å². The molecule has 0 radical (unpaired) electrons. The molecular formula is C10H17N. The maximum Gasteiger partial charge on any atom is -0.00324 e. The fourth-order valence-electron chi connectivity index (χ4n) is 0.771. The summed E-state index contributed by atoms with van der Waals surface area (Å²) in [6.45, 7) is 10.1. The molecule has 2 N–H and O–H groups in total. The molecule has 0 bridgehead atoms. The Morgan fingerprint density at radius 3 is 2.36 bits per heavy atom. The highest BCUT2D eigenvalue weighted by molar-refractivity contribution is 5.32. The van der Waals surface area contributed by atoms with E-state index in [1.807, 2.05) is 13.0 Å². The summed E-state index contributed by atoms with van der Waals surface area (Å²) in [6, 6.07) is 0. The Balaban J connectivity index is 4.34. The first kappa shape index (κ1) is 10.0. The van der Waals surface area contributed by atoms with Gasteiger partial charge in [0, 0.05) is 0 Å². The third-order valence-electron chi connectivity index (χ3n) is 1.69. The summed E-state index contributed by atoms with van der Waals surface area (Å²) in [5.41, 5.74) is 8.79. The Hall–Kier alpha value is -0.980. The molecule has 0 aliphatic heterocycles. The van der Waals surface area contributed by atoms with Crippen molar-refractivity contribution in [3.8, 4) is 0 Å². The van der Waals surface area contributed by atoms with E-state index in [2.05, 4.69) is 20.4 Å². The van der Waals surface area contributed by atoms with Gasteiger partial charge in [-0.1, -0.05) is 25.2 Å². The lowest BCUT2D eigenvalue weighted by atomic mass is 10.1. The Labute approximate surface area is 69.3 Å². The molecule has 0 saturated heterocycles. The molecule has 0 fully saturated rings. The van der Waals surface area contributed by atoms with E-state index in [1.165, 1.54) is 11.1 Å². The summed E-state index contributed by atoms with van der Waals surface area (Å²) in [5, 5.41) is 0. The van der Waals surface area contributed by atoms with E-state index in [9.17, 15) is 0 Å². The summed E-state index contributed by atoms with van der Waals surface area (Å²) >= 11 is 0. The Bertz CT molecular complexity index is 197. The topological polar surface area (TPSA) is 26.0 Å². The highest BCUT2D eigenvalue weighted by Gasteiger charge is 1.92. The van der Waals surface area contributed by atoms with Crippen LogP contribution in [-0.2, 0) is 0 Å². The summed E-state index contributed by atoms with van der Waals surface area (Å²) in [7, 11) is 0. The van der Waals surface area contributed by atoms with E-state index >= 15 is 0 Å². The second-order valence-electron chi connectivity index (χ2n) is 2.70. The van der Waals surface area contributed by atoms with Crippen molar-refractivity contribution in [2.45, 2.75) is 27.2 Å². The van der Waals surface area contributed by atoms with Crippen molar-refractivity contribution in [3.05, 3.63) is 35.6 Å². The lowest BCUT2D eigenvalue weighted by Gasteiger charge is -2.01. The molecule has 0 atom stereocenters. The monoisotopic (exact) mass is 151 g/mol. The first-order valence-electron chi connectivity index (χ1n) is 3.86. The van der Waals surface area contributed by atoms with Crippen molar-refractivity contribution in [2.24, 2.45) is 5.73 Å². The van der Waals surface area contributed by atoms with E-state index in [1.54, 1.807) is 6.20 Å². The molecule has 0 aliphatic carbocycles. The quantitative estimate of drug-likeness (QED) is 0.617. The van der Waals surface area contributed by atoms with Crippen molar-refractivity contribution < 1.29 is 0 Å². The molecule has 0 amide bonds. The van der Waals surface area contributed by atoms with Crippen LogP contribution in [-0.4, -0.2) is 0 Å². The largest absolute Gasteiger partial charge is 0.404 e. The van der Waals surface area contributed by atoms with Gasteiger partial charge in [0.05, 0.1) is 0 Å². The minimum absolute atomic E-state index is 1.00. The lowest BCUT2D eigenvalue weighted by molar-refractivity contribution is 1.11. The molecule has 1 nitrogen and oxygen atoms in total. The van der Waals surface area contributed by atoms with Crippen LogP contribution in [0.25, 0.3) is 0 Å². The standard InChI is InChI=1S/C10H17N/c1-5-9(3)10(4)6-8(2)7-11/h6-7H,3,5,11H2,1-2,4H3/b8-7-,10-6+. The molecule has 0 spiro atoms. The normalized spacial score (nSPS) is 13.4.